The van der Waals surface area contributed by atoms with Crippen LogP contribution >= 0.6 is 15.9 Å². The van der Waals surface area contributed by atoms with E-state index in [1.165, 1.54) is 39.0 Å². The third kappa shape index (κ3) is 4.43. The van der Waals surface area contributed by atoms with Gasteiger partial charge in [-0.15, -0.1) is 0 Å². The van der Waals surface area contributed by atoms with Gasteiger partial charge < -0.3 is 0 Å². The monoisotopic (exact) mass is 387 g/mol. The van der Waals surface area contributed by atoms with Crippen LogP contribution in [0.5, 0.6) is 0 Å². The molecule has 0 aliphatic rings. The second kappa shape index (κ2) is 5.89. The highest BCUT2D eigenvalue weighted by atomic mass is 79.9. The molecule has 0 bridgehead atoms. The summed E-state index contributed by atoms with van der Waals surface area (Å²) in [6, 6.07) is 1.76. The van der Waals surface area contributed by atoms with Crippen LogP contribution in [0, 0.1) is 6.92 Å². The minimum Gasteiger partial charge on any atom is -0.212 e. The van der Waals surface area contributed by atoms with Crippen LogP contribution in [-0.2, 0) is 10.0 Å². The average Bonchev–Trinajstić information content (AvgIpc) is 2.27. The van der Waals surface area contributed by atoms with Crippen molar-refractivity contribution in [1.82, 2.24) is 4.72 Å². The van der Waals surface area contributed by atoms with E-state index in [1.807, 2.05) is 0 Å². The van der Waals surface area contributed by atoms with E-state index in [0.717, 1.165) is 0 Å². The van der Waals surface area contributed by atoms with Gasteiger partial charge in [0, 0.05) is 4.47 Å². The lowest BCUT2D eigenvalue weighted by Crippen LogP contribution is -2.45. The van der Waals surface area contributed by atoms with Crippen LogP contribution in [0.4, 0.5) is 13.2 Å². The average molecular weight is 388 g/mol. The van der Waals surface area contributed by atoms with Crippen LogP contribution < -0.4 is 4.72 Å². The fraction of sp³-hybridized carbons (Fsp3) is 0.538. The Kier molecular flexibility index (Phi) is 5.17. The maximum absolute atomic E-state index is 13.2. The Hall–Kier alpha value is -0.600. The molecule has 1 atom stereocenters. The van der Waals surface area contributed by atoms with Crippen molar-refractivity contribution in [3.8, 4) is 0 Å². The molecule has 0 spiro atoms. The first-order valence-corrected chi connectivity index (χ1v) is 8.38. The van der Waals surface area contributed by atoms with Crippen LogP contribution in [0.1, 0.15) is 37.9 Å². The number of nitrogens with one attached hydrogen (secondary N) is 1. The summed E-state index contributed by atoms with van der Waals surface area (Å²) in [7, 11) is -4.13. The van der Waals surface area contributed by atoms with Crippen molar-refractivity contribution in [2.45, 2.75) is 44.7 Å². The van der Waals surface area contributed by atoms with E-state index in [9.17, 15) is 21.6 Å². The molecule has 0 saturated carbocycles. The van der Waals surface area contributed by atoms with E-state index >= 15 is 0 Å². The maximum atomic E-state index is 13.2. The number of alkyl halides is 3. The summed E-state index contributed by atoms with van der Waals surface area (Å²) in [6.07, 6.45) is -4.72. The predicted octanol–water partition coefficient (Wildman–Crippen LogP) is 4.08. The lowest BCUT2D eigenvalue weighted by atomic mass is 10.1. The highest BCUT2D eigenvalue weighted by molar-refractivity contribution is 9.10. The largest absolute Gasteiger partial charge is 0.408 e. The van der Waals surface area contributed by atoms with Gasteiger partial charge in [0.05, 0.1) is 4.75 Å². The fourth-order valence-corrected chi connectivity index (χ4v) is 2.68. The van der Waals surface area contributed by atoms with Crippen molar-refractivity contribution in [3.63, 3.8) is 0 Å². The van der Waals surface area contributed by atoms with Crippen molar-refractivity contribution in [3.05, 3.63) is 33.8 Å². The molecule has 0 saturated heterocycles. The molecular weight excluding hydrogens is 371 g/mol. The molecule has 0 radical (unpaired) electrons. The molecule has 0 aliphatic carbocycles. The quantitative estimate of drug-likeness (QED) is 0.848. The summed E-state index contributed by atoms with van der Waals surface area (Å²) in [5.41, 5.74) is 0.452. The Balaban J connectivity index is 3.29. The highest BCUT2D eigenvalue weighted by Gasteiger charge is 2.45. The molecule has 0 heterocycles. The maximum Gasteiger partial charge on any atom is 0.408 e. The number of hydrogen-bond donors (Lipinski definition) is 1. The molecule has 1 N–H and O–H groups in total. The zero-order chi connectivity index (χ0) is 16.6. The van der Waals surface area contributed by atoms with Gasteiger partial charge in [-0.2, -0.15) is 17.9 Å². The van der Waals surface area contributed by atoms with Crippen molar-refractivity contribution in [2.24, 2.45) is 0 Å². The minimum absolute atomic E-state index is 0.143. The minimum atomic E-state index is -4.72. The molecular formula is C13H17BrF3NO2S. The molecule has 21 heavy (non-hydrogen) atoms. The van der Waals surface area contributed by atoms with Gasteiger partial charge in [0.15, 0.2) is 0 Å². The first-order valence-electron chi connectivity index (χ1n) is 6.10. The Morgan fingerprint density at radius 2 is 1.71 bits per heavy atom. The molecule has 0 aliphatic heterocycles. The summed E-state index contributed by atoms with van der Waals surface area (Å²) in [4.78, 5) is 0. The standard InChI is InChI=1S/C13H17BrF3NO2S/c1-8-7-9(5-6-10(8)14)11(13(15,16)17)18-21(19,20)12(2,3)4/h5-7,11,18H,1-4H3/t11-/m0/s1. The molecule has 1 aromatic carbocycles. The fourth-order valence-electron chi connectivity index (χ4n) is 1.50. The SMILES string of the molecule is Cc1cc([C@H](NS(=O)(=O)C(C)(C)C)C(F)(F)F)ccc1Br. The number of hydrogen-bond acceptors (Lipinski definition) is 2. The Bertz CT molecular complexity index is 621. The number of aryl methyl sites for hydroxylation is 1. The Morgan fingerprint density at radius 1 is 1.19 bits per heavy atom. The molecule has 120 valence electrons. The molecule has 0 aromatic heterocycles. The van der Waals surface area contributed by atoms with Gasteiger partial charge in [-0.3, -0.25) is 0 Å². The van der Waals surface area contributed by atoms with E-state index in [1.54, 1.807) is 11.6 Å². The highest BCUT2D eigenvalue weighted by Crippen LogP contribution is 2.35. The van der Waals surface area contributed by atoms with E-state index in [4.69, 9.17) is 0 Å². The molecule has 1 rings (SSSR count). The first kappa shape index (κ1) is 18.4. The number of benzene rings is 1. The molecule has 3 nitrogen and oxygen atoms in total. The van der Waals surface area contributed by atoms with Gasteiger partial charge in [0.2, 0.25) is 10.0 Å². The zero-order valence-electron chi connectivity index (χ0n) is 12.0. The summed E-state index contributed by atoms with van der Waals surface area (Å²) in [5.74, 6) is 0. The van der Waals surface area contributed by atoms with Crippen LogP contribution in [-0.4, -0.2) is 19.3 Å². The smallest absolute Gasteiger partial charge is 0.212 e. The Labute approximate surface area is 131 Å². The Morgan fingerprint density at radius 3 is 2.10 bits per heavy atom. The topological polar surface area (TPSA) is 46.2 Å². The molecule has 0 fully saturated rings. The summed E-state index contributed by atoms with van der Waals surface area (Å²) < 4.78 is 64.8. The molecule has 0 unspecified atom stereocenters. The predicted molar refractivity (Wildman–Crippen MR) is 79.5 cm³/mol. The van der Waals surface area contributed by atoms with Crippen LogP contribution in [0.2, 0.25) is 0 Å². The van der Waals surface area contributed by atoms with Gasteiger partial charge in [0.1, 0.15) is 6.04 Å². The van der Waals surface area contributed by atoms with Gasteiger partial charge in [-0.05, 0) is 44.9 Å². The summed E-state index contributed by atoms with van der Waals surface area (Å²) in [6.45, 7) is 5.67. The summed E-state index contributed by atoms with van der Waals surface area (Å²) >= 11 is 3.20. The van der Waals surface area contributed by atoms with E-state index < -0.39 is 27.0 Å². The first-order chi connectivity index (χ1) is 9.25. The zero-order valence-corrected chi connectivity index (χ0v) is 14.4. The lowest BCUT2D eigenvalue weighted by molar-refractivity contribution is -0.153. The van der Waals surface area contributed by atoms with E-state index in [-0.39, 0.29) is 5.56 Å². The van der Waals surface area contributed by atoms with E-state index in [2.05, 4.69) is 15.9 Å². The molecule has 0 amide bonds. The number of sulfonamides is 1. The third-order valence-electron chi connectivity index (χ3n) is 2.92. The van der Waals surface area contributed by atoms with Crippen molar-refractivity contribution < 1.29 is 21.6 Å². The van der Waals surface area contributed by atoms with Crippen LogP contribution in [0.25, 0.3) is 0 Å². The third-order valence-corrected chi connectivity index (χ3v) is 5.97. The van der Waals surface area contributed by atoms with Crippen LogP contribution in [0.15, 0.2) is 22.7 Å². The van der Waals surface area contributed by atoms with Gasteiger partial charge in [0.25, 0.3) is 0 Å². The van der Waals surface area contributed by atoms with Crippen molar-refractivity contribution in [1.29, 1.82) is 0 Å². The normalized spacial score (nSPS) is 15.0. The second-order valence-electron chi connectivity index (χ2n) is 5.72. The lowest BCUT2D eigenvalue weighted by Gasteiger charge is -2.27. The summed E-state index contributed by atoms with van der Waals surface area (Å²) in [5, 5.41) is 0. The van der Waals surface area contributed by atoms with Gasteiger partial charge in [-0.25, -0.2) is 8.42 Å². The van der Waals surface area contributed by atoms with E-state index in [0.29, 0.717) is 10.0 Å². The molecule has 8 heteroatoms. The number of rotatable bonds is 3. The molecule has 1 aromatic rings. The van der Waals surface area contributed by atoms with Gasteiger partial charge >= 0.3 is 6.18 Å². The van der Waals surface area contributed by atoms with Gasteiger partial charge in [-0.1, -0.05) is 28.1 Å². The van der Waals surface area contributed by atoms with Crippen molar-refractivity contribution >= 4 is 26.0 Å². The second-order valence-corrected chi connectivity index (χ2v) is 9.04. The van der Waals surface area contributed by atoms with Crippen LogP contribution in [0.3, 0.4) is 0 Å². The number of halogens is 4. The van der Waals surface area contributed by atoms with Crippen molar-refractivity contribution in [2.75, 3.05) is 0 Å².